The third kappa shape index (κ3) is 9.38. The lowest BCUT2D eigenvalue weighted by Crippen LogP contribution is -2.24. The van der Waals surface area contributed by atoms with E-state index in [1.165, 1.54) is 23.8 Å². The van der Waals surface area contributed by atoms with E-state index in [0.717, 1.165) is 23.1 Å². The number of aryl methyl sites for hydroxylation is 2. The molecule has 0 radical (unpaired) electrons. The number of aromatic nitrogens is 2. The summed E-state index contributed by atoms with van der Waals surface area (Å²) < 4.78 is 10.8. The van der Waals surface area contributed by atoms with E-state index in [0.29, 0.717) is 12.2 Å². The number of carbonyl (C=O) groups excluding carboxylic acids is 1. The van der Waals surface area contributed by atoms with Gasteiger partial charge in [-0.3, -0.25) is 9.78 Å². The highest BCUT2D eigenvalue weighted by Crippen LogP contribution is 2.24. The Morgan fingerprint density at radius 1 is 1.21 bits per heavy atom. The van der Waals surface area contributed by atoms with Gasteiger partial charge in [0.2, 0.25) is 0 Å². The summed E-state index contributed by atoms with van der Waals surface area (Å²) in [6.07, 6.45) is 7.91. The van der Waals surface area contributed by atoms with Crippen molar-refractivity contribution in [2.45, 2.75) is 33.6 Å². The molecule has 2 aromatic heterocycles. The van der Waals surface area contributed by atoms with Crippen LogP contribution in [0.25, 0.3) is 0 Å². The van der Waals surface area contributed by atoms with E-state index in [-0.39, 0.29) is 5.91 Å². The molecule has 0 spiro atoms. The predicted molar refractivity (Wildman–Crippen MR) is 118 cm³/mol. The zero-order valence-corrected chi connectivity index (χ0v) is 18.9. The Bertz CT molecular complexity index is 825. The van der Waals surface area contributed by atoms with E-state index >= 15 is 0 Å². The number of methoxy groups -OCH3 is 1. The predicted octanol–water partition coefficient (Wildman–Crippen LogP) is 5.22. The van der Waals surface area contributed by atoms with Crippen molar-refractivity contribution in [1.82, 2.24) is 15.3 Å². The molecule has 0 aliphatic heterocycles. The fraction of sp³-hybridized carbons (Fsp3) is 0.318. The van der Waals surface area contributed by atoms with Crippen molar-refractivity contribution in [3.63, 3.8) is 0 Å². The van der Waals surface area contributed by atoms with Crippen LogP contribution < -0.4 is 10.1 Å². The molecule has 1 N–H and O–H groups in total. The van der Waals surface area contributed by atoms with Crippen LogP contribution in [0.4, 0.5) is 0 Å². The summed E-state index contributed by atoms with van der Waals surface area (Å²) in [4.78, 5) is 19.2. The quantitative estimate of drug-likeness (QED) is 0.508. The van der Waals surface area contributed by atoms with Crippen LogP contribution in [0.2, 0.25) is 0 Å². The van der Waals surface area contributed by atoms with Gasteiger partial charge >= 0.3 is 0 Å². The highest BCUT2D eigenvalue weighted by Gasteiger charge is 2.06. The van der Waals surface area contributed by atoms with Crippen LogP contribution in [-0.2, 0) is 6.42 Å². The second-order valence-corrected chi connectivity index (χ2v) is 6.58. The van der Waals surface area contributed by atoms with Gasteiger partial charge < -0.3 is 14.5 Å². The minimum absolute atomic E-state index is 0.200. The van der Waals surface area contributed by atoms with Gasteiger partial charge in [-0.05, 0) is 71.1 Å². The Balaban J connectivity index is 0.000000299. The van der Waals surface area contributed by atoms with Crippen molar-refractivity contribution in [3.8, 4) is 5.75 Å². The van der Waals surface area contributed by atoms with E-state index in [9.17, 15) is 4.79 Å². The molecule has 156 valence electrons. The molecule has 3 aromatic rings. The molecular weight excluding hydrogens is 434 g/mol. The molecule has 0 aliphatic carbocycles. The van der Waals surface area contributed by atoms with Gasteiger partial charge in [-0.1, -0.05) is 19.9 Å². The smallest absolute Gasteiger partial charge is 0.273 e. The van der Waals surface area contributed by atoms with Crippen molar-refractivity contribution in [3.05, 3.63) is 76.7 Å². The molecule has 3 rings (SSSR count). The average Bonchev–Trinajstić information content (AvgIpc) is 3.29. The van der Waals surface area contributed by atoms with Gasteiger partial charge in [-0.15, -0.1) is 0 Å². The van der Waals surface area contributed by atoms with Crippen molar-refractivity contribution in [1.29, 1.82) is 0 Å². The van der Waals surface area contributed by atoms with Gasteiger partial charge in [0.25, 0.3) is 5.91 Å². The van der Waals surface area contributed by atoms with Crippen molar-refractivity contribution in [2.24, 2.45) is 0 Å². The van der Waals surface area contributed by atoms with Crippen molar-refractivity contribution < 1.29 is 13.9 Å². The lowest BCUT2D eigenvalue weighted by atomic mass is 10.1. The Hall–Kier alpha value is -2.67. The number of carbonyl (C=O) groups is 1. The largest absolute Gasteiger partial charge is 0.496 e. The van der Waals surface area contributed by atoms with E-state index in [4.69, 9.17) is 9.15 Å². The molecule has 6 nitrogen and oxygen atoms in total. The molecule has 29 heavy (non-hydrogen) atoms. The Morgan fingerprint density at radius 3 is 2.52 bits per heavy atom. The fourth-order valence-electron chi connectivity index (χ4n) is 2.23. The summed E-state index contributed by atoms with van der Waals surface area (Å²) in [5, 5.41) is 2.78. The minimum atomic E-state index is -0.200. The number of ether oxygens (including phenoxy) is 1. The highest BCUT2D eigenvalue weighted by atomic mass is 79.9. The first-order chi connectivity index (χ1) is 14.1. The van der Waals surface area contributed by atoms with Crippen molar-refractivity contribution in [2.75, 3.05) is 13.7 Å². The first-order valence-corrected chi connectivity index (χ1v) is 10.2. The first-order valence-electron chi connectivity index (χ1n) is 9.45. The van der Waals surface area contributed by atoms with Gasteiger partial charge in [0, 0.05) is 18.9 Å². The average molecular weight is 462 g/mol. The molecule has 0 bridgehead atoms. The SMILES string of the molecule is CC.COc1ccc(C)cc1Br.O=C(NCCCc1ccncc1)c1cocn1. The molecular formula is C22H28BrN3O3. The standard InChI is InChI=1S/C12H13N3O2.C8H9BrO.C2H6/c16-12(11-8-17-9-15-11)14-5-1-2-10-3-6-13-7-4-10;1-6-3-4-8(10-2)7(9)5-6;1-2/h3-4,6-9H,1-2,5H2,(H,14,16);3-5H,1-2H3;1-2H3. The lowest BCUT2D eigenvalue weighted by Gasteiger charge is -2.02. The molecule has 0 aliphatic rings. The zero-order chi connectivity index (χ0) is 21.5. The van der Waals surface area contributed by atoms with Gasteiger partial charge in [-0.25, -0.2) is 4.98 Å². The Morgan fingerprint density at radius 2 is 1.93 bits per heavy atom. The van der Waals surface area contributed by atoms with E-state index in [1.54, 1.807) is 19.5 Å². The number of nitrogens with one attached hydrogen (secondary N) is 1. The summed E-state index contributed by atoms with van der Waals surface area (Å²) in [6.45, 7) is 6.66. The number of benzene rings is 1. The maximum Gasteiger partial charge on any atom is 0.273 e. The first kappa shape index (κ1) is 24.4. The molecule has 1 aromatic carbocycles. The topological polar surface area (TPSA) is 77.2 Å². The zero-order valence-electron chi connectivity index (χ0n) is 17.3. The van der Waals surface area contributed by atoms with Gasteiger partial charge in [0.05, 0.1) is 11.6 Å². The number of halogens is 1. The summed E-state index contributed by atoms with van der Waals surface area (Å²) in [6, 6.07) is 9.93. The molecule has 0 unspecified atom stereocenters. The molecule has 0 fully saturated rings. The molecule has 0 saturated heterocycles. The monoisotopic (exact) mass is 461 g/mol. The van der Waals surface area contributed by atoms with Crippen LogP contribution in [-0.4, -0.2) is 29.5 Å². The number of rotatable bonds is 6. The number of nitrogens with zero attached hydrogens (tertiary/aromatic N) is 2. The van der Waals surface area contributed by atoms with Crippen LogP contribution in [0.1, 0.15) is 41.9 Å². The maximum absolute atomic E-state index is 11.5. The maximum atomic E-state index is 11.5. The number of oxazole rings is 1. The van der Waals surface area contributed by atoms with Crippen LogP contribution in [0.15, 0.2) is 64.3 Å². The van der Waals surface area contributed by atoms with Gasteiger partial charge in [-0.2, -0.15) is 0 Å². The molecule has 0 saturated carbocycles. The summed E-state index contributed by atoms with van der Waals surface area (Å²) in [5.41, 5.74) is 2.76. The van der Waals surface area contributed by atoms with Gasteiger partial charge in [0.15, 0.2) is 12.1 Å². The fourth-order valence-corrected chi connectivity index (χ4v) is 2.89. The summed E-state index contributed by atoms with van der Waals surface area (Å²) in [5.74, 6) is 0.680. The molecule has 7 heteroatoms. The summed E-state index contributed by atoms with van der Waals surface area (Å²) >= 11 is 3.38. The normalized spacial score (nSPS) is 9.41. The number of hydrogen-bond acceptors (Lipinski definition) is 5. The van der Waals surface area contributed by atoms with Crippen LogP contribution in [0, 0.1) is 6.92 Å². The number of hydrogen-bond donors (Lipinski definition) is 1. The second kappa shape index (κ2) is 14.3. The Labute approximate surface area is 180 Å². The van der Waals surface area contributed by atoms with E-state index in [1.807, 2.05) is 51.1 Å². The van der Waals surface area contributed by atoms with Gasteiger partial charge in [0.1, 0.15) is 12.0 Å². The van der Waals surface area contributed by atoms with E-state index in [2.05, 4.69) is 31.2 Å². The minimum Gasteiger partial charge on any atom is -0.496 e. The molecule has 0 atom stereocenters. The third-order valence-electron chi connectivity index (χ3n) is 3.65. The van der Waals surface area contributed by atoms with Crippen LogP contribution >= 0.6 is 15.9 Å². The molecule has 2 heterocycles. The highest BCUT2D eigenvalue weighted by molar-refractivity contribution is 9.10. The molecule has 1 amide bonds. The second-order valence-electron chi connectivity index (χ2n) is 5.73. The third-order valence-corrected chi connectivity index (χ3v) is 4.27. The lowest BCUT2D eigenvalue weighted by molar-refractivity contribution is 0.0948. The number of pyridine rings is 1. The van der Waals surface area contributed by atoms with Crippen LogP contribution in [0.3, 0.4) is 0 Å². The summed E-state index contributed by atoms with van der Waals surface area (Å²) in [7, 11) is 1.66. The van der Waals surface area contributed by atoms with Crippen LogP contribution in [0.5, 0.6) is 5.75 Å². The van der Waals surface area contributed by atoms with E-state index < -0.39 is 0 Å². The Kier molecular flexibility index (Phi) is 12.1. The number of amides is 1. The van der Waals surface area contributed by atoms with Crippen molar-refractivity contribution >= 4 is 21.8 Å².